The highest BCUT2D eigenvalue weighted by Gasteiger charge is 2.05. The molecule has 1 aromatic heterocycles. The molecule has 0 radical (unpaired) electrons. The third kappa shape index (κ3) is 2.98. The Bertz CT molecular complexity index is 306. The van der Waals surface area contributed by atoms with Gasteiger partial charge in [-0.15, -0.1) is 0 Å². The third-order valence-corrected chi connectivity index (χ3v) is 1.19. The smallest absolute Gasteiger partial charge is 0.413 e. The maximum absolute atomic E-state index is 10.9. The second-order valence-corrected chi connectivity index (χ2v) is 2.33. The van der Waals surface area contributed by atoms with E-state index in [1.54, 1.807) is 13.0 Å². The minimum atomic E-state index is -0.576. The lowest BCUT2D eigenvalue weighted by atomic mass is 10.5. The minimum Gasteiger partial charge on any atom is -0.445 e. The van der Waals surface area contributed by atoms with E-state index in [0.29, 0.717) is 11.6 Å². The fraction of sp³-hybridized carbons (Fsp3) is 0.250. The van der Waals surface area contributed by atoms with Crippen molar-refractivity contribution in [3.05, 3.63) is 24.5 Å². The fourth-order valence-corrected chi connectivity index (χ4v) is 0.701. The average Bonchev–Trinajstić information content (AvgIpc) is 2.48. The molecule has 0 fully saturated rings. The Morgan fingerprint density at radius 2 is 2.69 bits per heavy atom. The Kier molecular flexibility index (Phi) is 3.08. The summed E-state index contributed by atoms with van der Waals surface area (Å²) in [5, 5.41) is 5.93. The van der Waals surface area contributed by atoms with Gasteiger partial charge in [-0.3, -0.25) is 5.32 Å². The van der Waals surface area contributed by atoms with E-state index in [4.69, 9.17) is 4.52 Å². The van der Waals surface area contributed by atoms with Crippen molar-refractivity contribution >= 4 is 11.9 Å². The SMILES string of the molecule is C=CCOC(=O)Nc1cc(C)on1. The number of hydrogen-bond donors (Lipinski definition) is 1. The Morgan fingerprint density at radius 1 is 1.92 bits per heavy atom. The van der Waals surface area contributed by atoms with Crippen LogP contribution < -0.4 is 5.32 Å². The molecule has 1 rings (SSSR count). The van der Waals surface area contributed by atoms with Gasteiger partial charge in [0.25, 0.3) is 0 Å². The van der Waals surface area contributed by atoms with E-state index in [0.717, 1.165) is 0 Å². The Morgan fingerprint density at radius 3 is 3.23 bits per heavy atom. The number of nitrogens with zero attached hydrogens (tertiary/aromatic N) is 1. The molecule has 0 atom stereocenters. The van der Waals surface area contributed by atoms with Crippen LogP contribution in [0.3, 0.4) is 0 Å². The van der Waals surface area contributed by atoms with Crippen molar-refractivity contribution in [1.82, 2.24) is 5.16 Å². The predicted molar refractivity (Wildman–Crippen MR) is 46.4 cm³/mol. The molecule has 5 heteroatoms. The first kappa shape index (κ1) is 9.31. The van der Waals surface area contributed by atoms with Crippen molar-refractivity contribution in [2.75, 3.05) is 11.9 Å². The second kappa shape index (κ2) is 4.30. The van der Waals surface area contributed by atoms with E-state index in [-0.39, 0.29) is 6.61 Å². The summed E-state index contributed by atoms with van der Waals surface area (Å²) in [6.07, 6.45) is 0.904. The quantitative estimate of drug-likeness (QED) is 0.723. The van der Waals surface area contributed by atoms with Gasteiger partial charge in [0.1, 0.15) is 12.4 Å². The molecule has 70 valence electrons. The number of rotatable bonds is 3. The predicted octanol–water partition coefficient (Wildman–Crippen LogP) is 1.72. The zero-order chi connectivity index (χ0) is 9.68. The number of aromatic nitrogens is 1. The molecule has 0 bridgehead atoms. The van der Waals surface area contributed by atoms with E-state index >= 15 is 0 Å². The van der Waals surface area contributed by atoms with Gasteiger partial charge in [-0.1, -0.05) is 17.8 Å². The van der Waals surface area contributed by atoms with Crippen LogP contribution in [0.5, 0.6) is 0 Å². The summed E-state index contributed by atoms with van der Waals surface area (Å²) in [5.41, 5.74) is 0. The summed E-state index contributed by atoms with van der Waals surface area (Å²) >= 11 is 0. The summed E-state index contributed by atoms with van der Waals surface area (Å²) in [6, 6.07) is 1.59. The summed E-state index contributed by atoms with van der Waals surface area (Å²) in [5.74, 6) is 0.964. The molecule has 13 heavy (non-hydrogen) atoms. The van der Waals surface area contributed by atoms with E-state index in [1.165, 1.54) is 6.08 Å². The van der Waals surface area contributed by atoms with Crippen molar-refractivity contribution in [2.45, 2.75) is 6.92 Å². The van der Waals surface area contributed by atoms with Gasteiger partial charge in [0.15, 0.2) is 5.82 Å². The molecule has 1 aromatic rings. The number of hydrogen-bond acceptors (Lipinski definition) is 4. The van der Waals surface area contributed by atoms with E-state index in [9.17, 15) is 4.79 Å². The molecule has 0 aliphatic carbocycles. The van der Waals surface area contributed by atoms with Crippen molar-refractivity contribution in [3.8, 4) is 0 Å². The molecular formula is C8H10N2O3. The fourth-order valence-electron chi connectivity index (χ4n) is 0.701. The first-order valence-electron chi connectivity index (χ1n) is 3.70. The number of aryl methyl sites for hydroxylation is 1. The Labute approximate surface area is 75.4 Å². The molecule has 5 nitrogen and oxygen atoms in total. The Balaban J connectivity index is 2.40. The normalized spacial score (nSPS) is 9.31. The van der Waals surface area contributed by atoms with Gasteiger partial charge >= 0.3 is 6.09 Å². The average molecular weight is 182 g/mol. The number of carbonyl (C=O) groups excluding carboxylic acids is 1. The van der Waals surface area contributed by atoms with Crippen LogP contribution in [0.15, 0.2) is 23.2 Å². The number of ether oxygens (including phenoxy) is 1. The monoisotopic (exact) mass is 182 g/mol. The molecule has 0 saturated heterocycles. The highest BCUT2D eigenvalue weighted by molar-refractivity contribution is 5.83. The maximum Gasteiger partial charge on any atom is 0.413 e. The second-order valence-electron chi connectivity index (χ2n) is 2.33. The molecule has 1 heterocycles. The summed E-state index contributed by atoms with van der Waals surface area (Å²) < 4.78 is 9.38. The standard InChI is InChI=1S/C8H10N2O3/c1-3-4-12-8(11)9-7-5-6(2)13-10-7/h3,5H,1,4H2,2H3,(H,9,10,11). The van der Waals surface area contributed by atoms with Crippen molar-refractivity contribution in [3.63, 3.8) is 0 Å². The zero-order valence-corrected chi connectivity index (χ0v) is 7.24. The van der Waals surface area contributed by atoms with Gasteiger partial charge < -0.3 is 9.26 Å². The molecule has 0 aromatic carbocycles. The topological polar surface area (TPSA) is 64.4 Å². The Hall–Kier alpha value is -1.78. The van der Waals surface area contributed by atoms with Crippen LogP contribution in [0.2, 0.25) is 0 Å². The molecule has 0 saturated carbocycles. The number of carbonyl (C=O) groups is 1. The van der Waals surface area contributed by atoms with Crippen molar-refractivity contribution < 1.29 is 14.1 Å². The molecule has 0 spiro atoms. The van der Waals surface area contributed by atoms with Gasteiger partial charge in [-0.05, 0) is 6.92 Å². The van der Waals surface area contributed by atoms with Crippen LogP contribution in [0.25, 0.3) is 0 Å². The van der Waals surface area contributed by atoms with Gasteiger partial charge in [0.2, 0.25) is 0 Å². The van der Waals surface area contributed by atoms with Gasteiger partial charge in [0.05, 0.1) is 0 Å². The maximum atomic E-state index is 10.9. The van der Waals surface area contributed by atoms with Crippen LogP contribution >= 0.6 is 0 Å². The first-order chi connectivity index (χ1) is 6.22. The molecule has 1 amide bonds. The molecule has 0 aliphatic rings. The molecule has 0 unspecified atom stereocenters. The van der Waals surface area contributed by atoms with Crippen molar-refractivity contribution in [1.29, 1.82) is 0 Å². The van der Waals surface area contributed by atoms with Crippen LogP contribution in [0.4, 0.5) is 10.6 Å². The summed E-state index contributed by atoms with van der Waals surface area (Å²) in [7, 11) is 0. The zero-order valence-electron chi connectivity index (χ0n) is 7.24. The van der Waals surface area contributed by atoms with Crippen LogP contribution in [0.1, 0.15) is 5.76 Å². The highest BCUT2D eigenvalue weighted by Crippen LogP contribution is 2.06. The number of anilines is 1. The van der Waals surface area contributed by atoms with Crippen LogP contribution in [0, 0.1) is 6.92 Å². The number of nitrogens with one attached hydrogen (secondary N) is 1. The van der Waals surface area contributed by atoms with Crippen molar-refractivity contribution in [2.24, 2.45) is 0 Å². The van der Waals surface area contributed by atoms with Crippen LogP contribution in [-0.4, -0.2) is 17.9 Å². The molecule has 1 N–H and O–H groups in total. The molecule has 0 aliphatic heterocycles. The largest absolute Gasteiger partial charge is 0.445 e. The van der Waals surface area contributed by atoms with Gasteiger partial charge in [-0.2, -0.15) is 0 Å². The summed E-state index contributed by atoms with van der Waals surface area (Å²) in [6.45, 7) is 5.30. The number of amides is 1. The van der Waals surface area contributed by atoms with E-state index in [1.807, 2.05) is 0 Å². The van der Waals surface area contributed by atoms with E-state index in [2.05, 4.69) is 21.8 Å². The minimum absolute atomic E-state index is 0.169. The lowest BCUT2D eigenvalue weighted by Gasteiger charge is -1.99. The molecular weight excluding hydrogens is 172 g/mol. The lowest BCUT2D eigenvalue weighted by molar-refractivity contribution is 0.174. The van der Waals surface area contributed by atoms with E-state index < -0.39 is 6.09 Å². The highest BCUT2D eigenvalue weighted by atomic mass is 16.5. The van der Waals surface area contributed by atoms with Crippen LogP contribution in [-0.2, 0) is 4.74 Å². The summed E-state index contributed by atoms with van der Waals surface area (Å²) in [4.78, 5) is 10.9. The first-order valence-corrected chi connectivity index (χ1v) is 3.70. The third-order valence-electron chi connectivity index (χ3n) is 1.19. The lowest BCUT2D eigenvalue weighted by Crippen LogP contribution is -2.13. The van der Waals surface area contributed by atoms with Gasteiger partial charge in [0, 0.05) is 6.07 Å². The van der Waals surface area contributed by atoms with Gasteiger partial charge in [-0.25, -0.2) is 4.79 Å².